The van der Waals surface area contributed by atoms with Crippen LogP contribution in [-0.2, 0) is 4.74 Å². The monoisotopic (exact) mass is 274 g/mol. The van der Waals surface area contributed by atoms with E-state index in [9.17, 15) is 5.11 Å². The Balaban J connectivity index is 3.74. The van der Waals surface area contributed by atoms with Crippen LogP contribution in [0.4, 0.5) is 0 Å². The van der Waals surface area contributed by atoms with Gasteiger partial charge in [-0.3, -0.25) is 0 Å². The zero-order valence-electron chi connectivity index (χ0n) is 13.4. The van der Waals surface area contributed by atoms with Gasteiger partial charge in [0.25, 0.3) is 0 Å². The molecule has 0 aromatic rings. The lowest BCUT2D eigenvalue weighted by Crippen LogP contribution is -2.45. The van der Waals surface area contributed by atoms with E-state index < -0.39 is 0 Å². The van der Waals surface area contributed by atoms with Crippen LogP contribution in [0.1, 0.15) is 47.0 Å². The number of hydrogen-bond donors (Lipinski definition) is 2. The number of aliphatic hydroxyl groups excluding tert-OH is 1. The van der Waals surface area contributed by atoms with Crippen molar-refractivity contribution in [2.45, 2.75) is 52.5 Å². The van der Waals surface area contributed by atoms with Crippen molar-refractivity contribution in [1.29, 1.82) is 0 Å². The summed E-state index contributed by atoms with van der Waals surface area (Å²) in [4.78, 5) is 2.43. The molecule has 19 heavy (non-hydrogen) atoms. The Kier molecular flexibility index (Phi) is 11.6. The molecule has 116 valence electrons. The molecule has 4 nitrogen and oxygen atoms in total. The fourth-order valence-electron chi connectivity index (χ4n) is 2.27. The molecule has 0 saturated carbocycles. The van der Waals surface area contributed by atoms with Crippen LogP contribution < -0.4 is 5.32 Å². The van der Waals surface area contributed by atoms with Crippen molar-refractivity contribution in [2.24, 2.45) is 0 Å². The number of ether oxygens (including phenoxy) is 1. The zero-order chi connectivity index (χ0) is 14.6. The second-order valence-electron chi connectivity index (χ2n) is 5.34. The van der Waals surface area contributed by atoms with Crippen molar-refractivity contribution in [3.63, 3.8) is 0 Å². The van der Waals surface area contributed by atoms with Gasteiger partial charge in [0.05, 0.1) is 13.2 Å². The number of unbranched alkanes of at least 4 members (excludes halogenated alkanes) is 1. The summed E-state index contributed by atoms with van der Waals surface area (Å²) in [5, 5.41) is 12.8. The van der Waals surface area contributed by atoms with Gasteiger partial charge in [-0.1, -0.05) is 20.3 Å². The summed E-state index contributed by atoms with van der Waals surface area (Å²) < 4.78 is 5.39. The van der Waals surface area contributed by atoms with Crippen LogP contribution in [0.25, 0.3) is 0 Å². The highest BCUT2D eigenvalue weighted by Crippen LogP contribution is 2.13. The minimum atomic E-state index is -0.114. The molecule has 0 bridgehead atoms. The Morgan fingerprint density at radius 1 is 1.16 bits per heavy atom. The van der Waals surface area contributed by atoms with Crippen LogP contribution in [-0.4, -0.2) is 61.5 Å². The van der Waals surface area contributed by atoms with Crippen LogP contribution in [0.5, 0.6) is 0 Å². The summed E-state index contributed by atoms with van der Waals surface area (Å²) in [5.41, 5.74) is -0.114. The number of nitrogens with one attached hydrogen (secondary N) is 1. The van der Waals surface area contributed by atoms with Gasteiger partial charge in [0.15, 0.2) is 0 Å². The van der Waals surface area contributed by atoms with E-state index in [1.54, 1.807) is 0 Å². The molecular formula is C15H34N2O2. The predicted molar refractivity (Wildman–Crippen MR) is 81.6 cm³/mol. The number of nitrogens with zero attached hydrogens (tertiary/aromatic N) is 1. The lowest BCUT2D eigenvalue weighted by Gasteiger charge is -2.29. The maximum atomic E-state index is 9.42. The molecule has 0 heterocycles. The fourth-order valence-corrected chi connectivity index (χ4v) is 2.27. The number of aliphatic hydroxyl groups is 1. The van der Waals surface area contributed by atoms with E-state index in [1.807, 2.05) is 6.92 Å². The van der Waals surface area contributed by atoms with Crippen molar-refractivity contribution in [1.82, 2.24) is 10.2 Å². The van der Waals surface area contributed by atoms with Crippen LogP contribution in [0.3, 0.4) is 0 Å². The maximum Gasteiger partial charge on any atom is 0.0610 e. The summed E-state index contributed by atoms with van der Waals surface area (Å²) in [6, 6.07) is 0. The molecule has 0 aliphatic rings. The molecule has 1 unspecified atom stereocenters. The molecule has 0 spiro atoms. The number of hydrogen-bond acceptors (Lipinski definition) is 4. The van der Waals surface area contributed by atoms with Gasteiger partial charge in [-0.15, -0.1) is 0 Å². The summed E-state index contributed by atoms with van der Waals surface area (Å²) in [6.45, 7) is 14.4. The van der Waals surface area contributed by atoms with Gasteiger partial charge in [0, 0.05) is 18.7 Å². The number of rotatable bonds is 13. The molecule has 0 aromatic carbocycles. The molecule has 4 heteroatoms. The van der Waals surface area contributed by atoms with Gasteiger partial charge in [-0.2, -0.15) is 0 Å². The van der Waals surface area contributed by atoms with Crippen LogP contribution in [0.15, 0.2) is 0 Å². The normalized spacial score (nSPS) is 14.8. The molecule has 0 aliphatic carbocycles. The van der Waals surface area contributed by atoms with E-state index in [0.717, 1.165) is 52.2 Å². The average molecular weight is 274 g/mol. The predicted octanol–water partition coefficient (Wildman–Crippen LogP) is 1.88. The number of likely N-dealkylation sites (N-methyl/N-ethyl adjacent to an activating group) is 2. The molecule has 1 atom stereocenters. The molecule has 0 fully saturated rings. The summed E-state index contributed by atoms with van der Waals surface area (Å²) in [5.74, 6) is 0. The van der Waals surface area contributed by atoms with Crippen LogP contribution in [0, 0.1) is 0 Å². The van der Waals surface area contributed by atoms with Gasteiger partial charge in [-0.25, -0.2) is 0 Å². The van der Waals surface area contributed by atoms with Gasteiger partial charge < -0.3 is 20.1 Å². The quantitative estimate of drug-likeness (QED) is 0.503. The summed E-state index contributed by atoms with van der Waals surface area (Å²) >= 11 is 0. The Bertz CT molecular complexity index is 203. The first-order valence-electron chi connectivity index (χ1n) is 7.77. The van der Waals surface area contributed by atoms with Gasteiger partial charge in [-0.05, 0) is 46.3 Å². The standard InChI is InChI=1S/C15H34N2O2/c1-5-16-15(4,14-18)10-8-9-11-17(6-2)12-13-19-7-3/h16,18H,5-14H2,1-4H3. The van der Waals surface area contributed by atoms with Crippen LogP contribution in [0.2, 0.25) is 0 Å². The molecule has 0 rings (SSSR count). The van der Waals surface area contributed by atoms with Crippen molar-refractivity contribution < 1.29 is 9.84 Å². The third-order valence-corrected chi connectivity index (χ3v) is 3.61. The highest BCUT2D eigenvalue weighted by molar-refractivity contribution is 4.81. The summed E-state index contributed by atoms with van der Waals surface area (Å²) in [6.07, 6.45) is 3.36. The van der Waals surface area contributed by atoms with Gasteiger partial charge >= 0.3 is 0 Å². The molecule has 0 radical (unpaired) electrons. The Morgan fingerprint density at radius 2 is 1.89 bits per heavy atom. The Hall–Kier alpha value is -0.160. The minimum absolute atomic E-state index is 0.114. The van der Waals surface area contributed by atoms with E-state index in [4.69, 9.17) is 4.74 Å². The molecule has 0 aliphatic heterocycles. The third kappa shape index (κ3) is 9.38. The van der Waals surface area contributed by atoms with Crippen molar-refractivity contribution in [2.75, 3.05) is 46.0 Å². The van der Waals surface area contributed by atoms with E-state index in [-0.39, 0.29) is 12.1 Å². The largest absolute Gasteiger partial charge is 0.394 e. The topological polar surface area (TPSA) is 44.7 Å². The maximum absolute atomic E-state index is 9.42. The molecule has 0 aromatic heterocycles. The average Bonchev–Trinajstić information content (AvgIpc) is 2.42. The minimum Gasteiger partial charge on any atom is -0.394 e. The highest BCUT2D eigenvalue weighted by Gasteiger charge is 2.20. The first kappa shape index (κ1) is 18.8. The van der Waals surface area contributed by atoms with Crippen molar-refractivity contribution in [3.05, 3.63) is 0 Å². The van der Waals surface area contributed by atoms with Gasteiger partial charge in [0.2, 0.25) is 0 Å². The zero-order valence-corrected chi connectivity index (χ0v) is 13.4. The molecule has 0 amide bonds. The van der Waals surface area contributed by atoms with E-state index in [0.29, 0.717) is 0 Å². The summed E-state index contributed by atoms with van der Waals surface area (Å²) in [7, 11) is 0. The van der Waals surface area contributed by atoms with Crippen LogP contribution >= 0.6 is 0 Å². The fraction of sp³-hybridized carbons (Fsp3) is 1.00. The molecule has 0 saturated heterocycles. The second kappa shape index (κ2) is 11.6. The smallest absolute Gasteiger partial charge is 0.0610 e. The third-order valence-electron chi connectivity index (χ3n) is 3.61. The first-order valence-corrected chi connectivity index (χ1v) is 7.77. The molecular weight excluding hydrogens is 240 g/mol. The van der Waals surface area contributed by atoms with Gasteiger partial charge in [0.1, 0.15) is 0 Å². The lowest BCUT2D eigenvalue weighted by molar-refractivity contribution is 0.113. The second-order valence-corrected chi connectivity index (χ2v) is 5.34. The van der Waals surface area contributed by atoms with E-state index >= 15 is 0 Å². The van der Waals surface area contributed by atoms with E-state index in [2.05, 4.69) is 31.0 Å². The first-order chi connectivity index (χ1) is 9.11. The molecule has 2 N–H and O–H groups in total. The van der Waals surface area contributed by atoms with E-state index in [1.165, 1.54) is 6.42 Å². The SMILES string of the molecule is CCNC(C)(CO)CCCCN(CC)CCOCC. The Morgan fingerprint density at radius 3 is 2.42 bits per heavy atom. The van der Waals surface area contributed by atoms with Crippen molar-refractivity contribution >= 4 is 0 Å². The van der Waals surface area contributed by atoms with Crippen molar-refractivity contribution in [3.8, 4) is 0 Å². The highest BCUT2D eigenvalue weighted by atomic mass is 16.5. The lowest BCUT2D eigenvalue weighted by atomic mass is 9.95. The Labute approximate surface area is 119 Å².